The van der Waals surface area contributed by atoms with Gasteiger partial charge in [0.25, 0.3) is 0 Å². The lowest BCUT2D eigenvalue weighted by molar-refractivity contribution is 0.239. The van der Waals surface area contributed by atoms with Gasteiger partial charge in [-0.15, -0.1) is 0 Å². The first-order chi connectivity index (χ1) is 8.25. The van der Waals surface area contributed by atoms with Gasteiger partial charge in [0, 0.05) is 19.0 Å². The summed E-state index contributed by atoms with van der Waals surface area (Å²) >= 11 is 0. The SMILES string of the molecule is CC(C)C1CCC(NCCc2ncn[nH]2)CC1. The summed E-state index contributed by atoms with van der Waals surface area (Å²) in [6.45, 7) is 5.71. The average Bonchev–Trinajstić information content (AvgIpc) is 2.83. The molecule has 4 nitrogen and oxygen atoms in total. The normalized spacial score (nSPS) is 25.4. The molecule has 1 saturated carbocycles. The highest BCUT2D eigenvalue weighted by molar-refractivity contribution is 4.83. The van der Waals surface area contributed by atoms with Crippen LogP contribution in [0.1, 0.15) is 45.4 Å². The molecule has 1 aliphatic rings. The number of aromatic amines is 1. The van der Waals surface area contributed by atoms with E-state index in [0.717, 1.165) is 30.6 Å². The van der Waals surface area contributed by atoms with Gasteiger partial charge in [-0.1, -0.05) is 13.8 Å². The number of H-pyrrole nitrogens is 1. The van der Waals surface area contributed by atoms with Crippen molar-refractivity contribution in [2.24, 2.45) is 11.8 Å². The maximum atomic E-state index is 4.13. The molecule has 0 radical (unpaired) electrons. The van der Waals surface area contributed by atoms with Gasteiger partial charge in [-0.05, 0) is 37.5 Å². The van der Waals surface area contributed by atoms with Crippen molar-refractivity contribution in [1.82, 2.24) is 20.5 Å². The van der Waals surface area contributed by atoms with Crippen LogP contribution >= 0.6 is 0 Å². The minimum absolute atomic E-state index is 0.716. The third-order valence-electron chi connectivity index (χ3n) is 3.97. The maximum Gasteiger partial charge on any atom is 0.137 e. The third kappa shape index (κ3) is 3.80. The average molecular weight is 236 g/mol. The van der Waals surface area contributed by atoms with Crippen LogP contribution in [-0.4, -0.2) is 27.8 Å². The van der Waals surface area contributed by atoms with Crippen LogP contribution in [0.4, 0.5) is 0 Å². The molecule has 0 amide bonds. The number of aromatic nitrogens is 3. The Balaban J connectivity index is 1.62. The molecule has 2 rings (SSSR count). The van der Waals surface area contributed by atoms with Gasteiger partial charge in [0.1, 0.15) is 12.2 Å². The maximum absolute atomic E-state index is 4.13. The predicted molar refractivity (Wildman–Crippen MR) is 68.7 cm³/mol. The Kier molecular flexibility index (Phi) is 4.54. The van der Waals surface area contributed by atoms with E-state index in [1.165, 1.54) is 25.7 Å². The van der Waals surface area contributed by atoms with Crippen LogP contribution in [0, 0.1) is 11.8 Å². The van der Waals surface area contributed by atoms with Crippen LogP contribution in [0.25, 0.3) is 0 Å². The van der Waals surface area contributed by atoms with E-state index >= 15 is 0 Å². The van der Waals surface area contributed by atoms with Crippen LogP contribution in [-0.2, 0) is 6.42 Å². The fraction of sp³-hybridized carbons (Fsp3) is 0.846. The lowest BCUT2D eigenvalue weighted by Gasteiger charge is -2.31. The molecule has 17 heavy (non-hydrogen) atoms. The van der Waals surface area contributed by atoms with Crippen LogP contribution in [0.15, 0.2) is 6.33 Å². The van der Waals surface area contributed by atoms with Crippen molar-refractivity contribution in [2.75, 3.05) is 6.54 Å². The van der Waals surface area contributed by atoms with Crippen molar-refractivity contribution >= 4 is 0 Å². The van der Waals surface area contributed by atoms with E-state index in [1.54, 1.807) is 6.33 Å². The van der Waals surface area contributed by atoms with Crippen LogP contribution in [0.2, 0.25) is 0 Å². The van der Waals surface area contributed by atoms with Crippen molar-refractivity contribution in [3.05, 3.63) is 12.2 Å². The fourth-order valence-corrected chi connectivity index (χ4v) is 2.74. The minimum Gasteiger partial charge on any atom is -0.314 e. The Hall–Kier alpha value is -0.900. The van der Waals surface area contributed by atoms with Gasteiger partial charge in [-0.25, -0.2) is 4.98 Å². The third-order valence-corrected chi connectivity index (χ3v) is 3.97. The van der Waals surface area contributed by atoms with Gasteiger partial charge >= 0.3 is 0 Å². The Morgan fingerprint density at radius 3 is 2.71 bits per heavy atom. The number of hydrogen-bond donors (Lipinski definition) is 2. The number of rotatable bonds is 5. The second-order valence-corrected chi connectivity index (χ2v) is 5.49. The van der Waals surface area contributed by atoms with Crippen molar-refractivity contribution in [1.29, 1.82) is 0 Å². The topological polar surface area (TPSA) is 53.6 Å². The van der Waals surface area contributed by atoms with Gasteiger partial charge in [0.05, 0.1) is 0 Å². The van der Waals surface area contributed by atoms with Crippen molar-refractivity contribution in [3.63, 3.8) is 0 Å². The summed E-state index contributed by atoms with van der Waals surface area (Å²) in [5.41, 5.74) is 0. The Bertz CT molecular complexity index is 299. The van der Waals surface area contributed by atoms with Gasteiger partial charge in [0.2, 0.25) is 0 Å². The summed E-state index contributed by atoms with van der Waals surface area (Å²) in [4.78, 5) is 4.13. The van der Waals surface area contributed by atoms with Crippen molar-refractivity contribution in [3.8, 4) is 0 Å². The molecule has 0 bridgehead atoms. The Morgan fingerprint density at radius 2 is 2.12 bits per heavy atom. The van der Waals surface area contributed by atoms with Gasteiger partial charge in [-0.3, -0.25) is 5.10 Å². The summed E-state index contributed by atoms with van der Waals surface area (Å²) in [6.07, 6.45) is 7.96. The minimum atomic E-state index is 0.716. The highest BCUT2D eigenvalue weighted by Crippen LogP contribution is 2.29. The molecule has 2 N–H and O–H groups in total. The van der Waals surface area contributed by atoms with Gasteiger partial charge in [0.15, 0.2) is 0 Å². The van der Waals surface area contributed by atoms with E-state index in [2.05, 4.69) is 34.3 Å². The smallest absolute Gasteiger partial charge is 0.137 e. The molecule has 0 saturated heterocycles. The van der Waals surface area contributed by atoms with E-state index in [9.17, 15) is 0 Å². The molecule has 1 fully saturated rings. The largest absolute Gasteiger partial charge is 0.314 e. The molecule has 1 aromatic rings. The monoisotopic (exact) mass is 236 g/mol. The molecule has 1 aliphatic carbocycles. The Morgan fingerprint density at radius 1 is 1.35 bits per heavy atom. The molecule has 1 aromatic heterocycles. The van der Waals surface area contributed by atoms with E-state index in [-0.39, 0.29) is 0 Å². The van der Waals surface area contributed by atoms with Gasteiger partial charge < -0.3 is 5.32 Å². The molecule has 1 heterocycles. The first-order valence-electron chi connectivity index (χ1n) is 6.83. The van der Waals surface area contributed by atoms with Gasteiger partial charge in [-0.2, -0.15) is 5.10 Å². The second-order valence-electron chi connectivity index (χ2n) is 5.49. The molecule has 4 heteroatoms. The summed E-state index contributed by atoms with van der Waals surface area (Å²) < 4.78 is 0. The molecule has 0 atom stereocenters. The molecule has 0 spiro atoms. The summed E-state index contributed by atoms with van der Waals surface area (Å²) in [7, 11) is 0. The Labute approximate surface area is 104 Å². The fourth-order valence-electron chi connectivity index (χ4n) is 2.74. The molecular formula is C13H24N4. The van der Waals surface area contributed by atoms with E-state index in [4.69, 9.17) is 0 Å². The first-order valence-corrected chi connectivity index (χ1v) is 6.83. The molecular weight excluding hydrogens is 212 g/mol. The van der Waals surface area contributed by atoms with E-state index in [1.807, 2.05) is 0 Å². The van der Waals surface area contributed by atoms with Crippen LogP contribution in [0.3, 0.4) is 0 Å². The molecule has 0 aromatic carbocycles. The number of hydrogen-bond acceptors (Lipinski definition) is 3. The number of nitrogens with zero attached hydrogens (tertiary/aromatic N) is 2. The zero-order chi connectivity index (χ0) is 12.1. The van der Waals surface area contributed by atoms with Crippen molar-refractivity contribution in [2.45, 2.75) is 52.0 Å². The zero-order valence-corrected chi connectivity index (χ0v) is 10.9. The quantitative estimate of drug-likeness (QED) is 0.823. The molecule has 0 aliphatic heterocycles. The summed E-state index contributed by atoms with van der Waals surface area (Å²) in [5, 5.41) is 10.4. The van der Waals surface area contributed by atoms with Crippen LogP contribution in [0.5, 0.6) is 0 Å². The molecule has 0 unspecified atom stereocenters. The highest BCUT2D eigenvalue weighted by Gasteiger charge is 2.22. The lowest BCUT2D eigenvalue weighted by atomic mass is 9.80. The van der Waals surface area contributed by atoms with Crippen LogP contribution < -0.4 is 5.32 Å². The highest BCUT2D eigenvalue weighted by atomic mass is 15.2. The second kappa shape index (κ2) is 6.15. The lowest BCUT2D eigenvalue weighted by Crippen LogP contribution is -2.35. The van der Waals surface area contributed by atoms with E-state index < -0.39 is 0 Å². The zero-order valence-electron chi connectivity index (χ0n) is 10.9. The number of nitrogens with one attached hydrogen (secondary N) is 2. The predicted octanol–water partition coefficient (Wildman–Crippen LogP) is 2.15. The van der Waals surface area contributed by atoms with Crippen molar-refractivity contribution < 1.29 is 0 Å². The standard InChI is InChI=1S/C13H24N4/c1-10(2)11-3-5-12(6-4-11)14-8-7-13-15-9-16-17-13/h9-12,14H,3-8H2,1-2H3,(H,15,16,17). The summed E-state index contributed by atoms with van der Waals surface area (Å²) in [5.74, 6) is 2.78. The summed E-state index contributed by atoms with van der Waals surface area (Å²) in [6, 6.07) is 0.716. The van der Waals surface area contributed by atoms with E-state index in [0.29, 0.717) is 6.04 Å². The molecule has 96 valence electrons. The first kappa shape index (κ1) is 12.6.